The summed E-state index contributed by atoms with van der Waals surface area (Å²) in [6.45, 7) is 5.98. The highest BCUT2D eigenvalue weighted by molar-refractivity contribution is 6.33. The first-order chi connectivity index (χ1) is 8.15. The van der Waals surface area contributed by atoms with Crippen molar-refractivity contribution < 1.29 is 9.47 Å². The summed E-state index contributed by atoms with van der Waals surface area (Å²) in [5.41, 5.74) is 7.93. The zero-order valence-electron chi connectivity index (χ0n) is 10.3. The summed E-state index contributed by atoms with van der Waals surface area (Å²) in [5.74, 6) is 1.77. The molecule has 0 spiro atoms. The first-order valence-corrected chi connectivity index (χ1v) is 6.34. The van der Waals surface area contributed by atoms with E-state index < -0.39 is 0 Å². The van der Waals surface area contributed by atoms with Gasteiger partial charge in [-0.25, -0.2) is 0 Å². The quantitative estimate of drug-likeness (QED) is 0.903. The largest absolute Gasteiger partial charge is 0.486 e. The van der Waals surface area contributed by atoms with Crippen LogP contribution in [0.4, 0.5) is 0 Å². The Hall–Kier alpha value is -0.930. The first kappa shape index (κ1) is 12.5. The number of ether oxygens (including phenoxy) is 2. The average molecular weight is 256 g/mol. The number of hydrogen-bond acceptors (Lipinski definition) is 3. The summed E-state index contributed by atoms with van der Waals surface area (Å²) in [6, 6.07) is 2.02. The van der Waals surface area contributed by atoms with Crippen LogP contribution in [-0.4, -0.2) is 19.8 Å². The fraction of sp³-hybridized carbons (Fsp3) is 0.538. The fourth-order valence-electron chi connectivity index (χ4n) is 2.20. The van der Waals surface area contributed by atoms with Crippen LogP contribution >= 0.6 is 11.6 Å². The SMILES string of the molecule is CC(C)c1c(CCN)cc2c(c1Cl)OCCO2. The van der Waals surface area contributed by atoms with Gasteiger partial charge < -0.3 is 15.2 Å². The van der Waals surface area contributed by atoms with Crippen molar-refractivity contribution in [2.24, 2.45) is 5.73 Å². The van der Waals surface area contributed by atoms with E-state index in [4.69, 9.17) is 26.8 Å². The zero-order valence-corrected chi connectivity index (χ0v) is 11.0. The van der Waals surface area contributed by atoms with Gasteiger partial charge in [0.25, 0.3) is 0 Å². The Labute approximate surface area is 107 Å². The third kappa shape index (κ3) is 2.35. The normalized spacial score (nSPS) is 14.2. The number of hydrogen-bond donors (Lipinski definition) is 1. The predicted octanol–water partition coefficient (Wildman–Crippen LogP) is 2.74. The van der Waals surface area contributed by atoms with E-state index in [0.717, 1.165) is 23.3 Å². The Balaban J connectivity index is 2.55. The lowest BCUT2D eigenvalue weighted by Gasteiger charge is -2.24. The van der Waals surface area contributed by atoms with E-state index in [0.29, 0.717) is 36.4 Å². The Morgan fingerprint density at radius 3 is 2.71 bits per heavy atom. The number of benzene rings is 1. The van der Waals surface area contributed by atoms with E-state index in [1.165, 1.54) is 0 Å². The molecule has 1 aromatic carbocycles. The van der Waals surface area contributed by atoms with Crippen molar-refractivity contribution in [2.75, 3.05) is 19.8 Å². The minimum atomic E-state index is 0.347. The van der Waals surface area contributed by atoms with Gasteiger partial charge in [0.15, 0.2) is 11.5 Å². The fourth-order valence-corrected chi connectivity index (χ4v) is 2.68. The van der Waals surface area contributed by atoms with Gasteiger partial charge in [-0.15, -0.1) is 0 Å². The first-order valence-electron chi connectivity index (χ1n) is 5.96. The van der Waals surface area contributed by atoms with E-state index in [2.05, 4.69) is 13.8 Å². The number of nitrogens with two attached hydrogens (primary N) is 1. The topological polar surface area (TPSA) is 44.5 Å². The third-order valence-electron chi connectivity index (χ3n) is 2.89. The number of fused-ring (bicyclic) bond motifs is 1. The van der Waals surface area contributed by atoms with Gasteiger partial charge in [0, 0.05) is 0 Å². The van der Waals surface area contributed by atoms with Gasteiger partial charge in [-0.05, 0) is 36.1 Å². The summed E-state index contributed by atoms with van der Waals surface area (Å²) in [7, 11) is 0. The van der Waals surface area contributed by atoms with Crippen LogP contribution in [0, 0.1) is 0 Å². The molecule has 0 atom stereocenters. The van der Waals surface area contributed by atoms with E-state index in [1.54, 1.807) is 0 Å². The Morgan fingerprint density at radius 2 is 2.06 bits per heavy atom. The molecular weight excluding hydrogens is 238 g/mol. The highest BCUT2D eigenvalue weighted by Crippen LogP contribution is 2.44. The molecular formula is C13H18ClNO2. The summed E-state index contributed by atoms with van der Waals surface area (Å²) >= 11 is 6.42. The molecule has 0 saturated carbocycles. The molecule has 17 heavy (non-hydrogen) atoms. The monoisotopic (exact) mass is 255 g/mol. The van der Waals surface area contributed by atoms with Gasteiger partial charge in [0.2, 0.25) is 0 Å². The van der Waals surface area contributed by atoms with Crippen molar-refractivity contribution in [2.45, 2.75) is 26.2 Å². The van der Waals surface area contributed by atoms with Crippen LogP contribution in [-0.2, 0) is 6.42 Å². The molecule has 2 rings (SSSR count). The second-order valence-corrected chi connectivity index (χ2v) is 4.86. The molecule has 4 heteroatoms. The predicted molar refractivity (Wildman–Crippen MR) is 69.3 cm³/mol. The van der Waals surface area contributed by atoms with E-state index >= 15 is 0 Å². The molecule has 0 fully saturated rings. The summed E-state index contributed by atoms with van der Waals surface area (Å²) in [5, 5.41) is 0.681. The van der Waals surface area contributed by atoms with Crippen LogP contribution in [0.5, 0.6) is 11.5 Å². The van der Waals surface area contributed by atoms with Crippen molar-refractivity contribution in [1.82, 2.24) is 0 Å². The second-order valence-electron chi connectivity index (χ2n) is 4.48. The summed E-state index contributed by atoms with van der Waals surface area (Å²) in [6.07, 6.45) is 0.809. The van der Waals surface area contributed by atoms with Gasteiger partial charge in [0.1, 0.15) is 13.2 Å². The minimum Gasteiger partial charge on any atom is -0.486 e. The van der Waals surface area contributed by atoms with Crippen molar-refractivity contribution in [3.8, 4) is 11.5 Å². The van der Waals surface area contributed by atoms with Gasteiger partial charge in [-0.2, -0.15) is 0 Å². The molecule has 1 heterocycles. The molecule has 94 valence electrons. The lowest BCUT2D eigenvalue weighted by atomic mass is 9.94. The smallest absolute Gasteiger partial charge is 0.180 e. The molecule has 0 saturated heterocycles. The molecule has 1 aromatic rings. The molecule has 0 amide bonds. The van der Waals surface area contributed by atoms with Gasteiger partial charge in [-0.3, -0.25) is 0 Å². The van der Waals surface area contributed by atoms with Crippen LogP contribution in [0.3, 0.4) is 0 Å². The molecule has 0 radical (unpaired) electrons. The van der Waals surface area contributed by atoms with Crippen LogP contribution in [0.1, 0.15) is 30.9 Å². The maximum absolute atomic E-state index is 6.42. The Kier molecular flexibility index (Phi) is 3.79. The van der Waals surface area contributed by atoms with Crippen molar-refractivity contribution >= 4 is 11.6 Å². The van der Waals surface area contributed by atoms with E-state index in [-0.39, 0.29) is 0 Å². The minimum absolute atomic E-state index is 0.347. The summed E-state index contributed by atoms with van der Waals surface area (Å²) < 4.78 is 11.2. The number of halogens is 1. The third-order valence-corrected chi connectivity index (χ3v) is 3.26. The highest BCUT2D eigenvalue weighted by atomic mass is 35.5. The lowest BCUT2D eigenvalue weighted by molar-refractivity contribution is 0.171. The molecule has 0 bridgehead atoms. The molecule has 0 aliphatic carbocycles. The Morgan fingerprint density at radius 1 is 1.35 bits per heavy atom. The molecule has 3 nitrogen and oxygen atoms in total. The van der Waals surface area contributed by atoms with Crippen molar-refractivity contribution in [3.05, 3.63) is 22.2 Å². The summed E-state index contributed by atoms with van der Waals surface area (Å²) in [4.78, 5) is 0. The van der Waals surface area contributed by atoms with Crippen molar-refractivity contribution in [3.63, 3.8) is 0 Å². The molecule has 2 N–H and O–H groups in total. The molecule has 0 unspecified atom stereocenters. The molecule has 1 aliphatic heterocycles. The highest BCUT2D eigenvalue weighted by Gasteiger charge is 2.22. The standard InChI is InChI=1S/C13H18ClNO2/c1-8(2)11-9(3-4-15)7-10-13(12(11)14)17-6-5-16-10/h7-8H,3-6,15H2,1-2H3. The van der Waals surface area contributed by atoms with E-state index in [1.807, 2.05) is 6.07 Å². The van der Waals surface area contributed by atoms with Crippen molar-refractivity contribution in [1.29, 1.82) is 0 Å². The van der Waals surface area contributed by atoms with Gasteiger partial charge >= 0.3 is 0 Å². The second kappa shape index (κ2) is 5.15. The lowest BCUT2D eigenvalue weighted by Crippen LogP contribution is -2.17. The van der Waals surface area contributed by atoms with Gasteiger partial charge in [-0.1, -0.05) is 25.4 Å². The zero-order chi connectivity index (χ0) is 12.4. The Bertz CT molecular complexity index is 418. The number of rotatable bonds is 3. The van der Waals surface area contributed by atoms with Gasteiger partial charge in [0.05, 0.1) is 5.02 Å². The van der Waals surface area contributed by atoms with Crippen LogP contribution in [0.25, 0.3) is 0 Å². The van der Waals surface area contributed by atoms with Crippen LogP contribution < -0.4 is 15.2 Å². The molecule has 1 aliphatic rings. The van der Waals surface area contributed by atoms with Crippen LogP contribution in [0.15, 0.2) is 6.07 Å². The molecule has 0 aromatic heterocycles. The maximum Gasteiger partial charge on any atom is 0.180 e. The van der Waals surface area contributed by atoms with Crippen LogP contribution in [0.2, 0.25) is 5.02 Å². The average Bonchev–Trinajstić information content (AvgIpc) is 2.29. The maximum atomic E-state index is 6.42. The van der Waals surface area contributed by atoms with E-state index in [9.17, 15) is 0 Å².